The zero-order valence-electron chi connectivity index (χ0n) is 21.4. The Morgan fingerprint density at radius 3 is 2.59 bits per heavy atom. The van der Waals surface area contributed by atoms with E-state index in [0.29, 0.717) is 30.1 Å². The number of ether oxygens (including phenoxy) is 2. The van der Waals surface area contributed by atoms with Gasteiger partial charge in [-0.25, -0.2) is 0 Å². The number of fused-ring (bicyclic) bond motifs is 6. The molecular formula is C29H48O3. The third-order valence-electron chi connectivity index (χ3n) is 11.4. The largest absolute Gasteiger partial charge is 0.465 e. The minimum atomic E-state index is -0.101. The van der Waals surface area contributed by atoms with Crippen LogP contribution >= 0.6 is 0 Å². The third-order valence-corrected chi connectivity index (χ3v) is 11.4. The van der Waals surface area contributed by atoms with Crippen LogP contribution in [0.15, 0.2) is 0 Å². The van der Waals surface area contributed by atoms with Gasteiger partial charge in [-0.3, -0.25) is 4.79 Å². The SMILES string of the molecule is CC(=O)OC[C@]12C[C@H]3O[C@H]3C[C@@H]1CC[C@H]1[C@@H]3CC[C@H]([C@H](C)CCCC(C)C)[C@@]3(C)CC[C@@H]12. The van der Waals surface area contributed by atoms with E-state index in [2.05, 4.69) is 27.7 Å². The summed E-state index contributed by atoms with van der Waals surface area (Å²) in [6, 6.07) is 0. The first kappa shape index (κ1) is 23.2. The lowest BCUT2D eigenvalue weighted by atomic mass is 9.44. The van der Waals surface area contributed by atoms with Crippen LogP contribution < -0.4 is 0 Å². The van der Waals surface area contributed by atoms with Gasteiger partial charge in [0.05, 0.1) is 18.8 Å². The lowest BCUT2D eigenvalue weighted by Crippen LogP contribution is -2.57. The Labute approximate surface area is 196 Å². The standard InChI is InChI=1S/C29H48O3/c1-18(2)7-6-8-19(3)23-11-12-24-22-10-9-21-15-26-27(32-26)16-29(21,17-31-20(4)30)25(22)13-14-28(23,24)5/h18-19,21-27H,6-17H2,1-5H3/t19-,21+,22+,23-,24+,25+,26+,27-,28-,29-/m1/s1. The molecule has 0 aromatic carbocycles. The van der Waals surface area contributed by atoms with Crippen LogP contribution in [0, 0.1) is 52.3 Å². The van der Waals surface area contributed by atoms with Crippen molar-refractivity contribution >= 4 is 5.97 Å². The van der Waals surface area contributed by atoms with Crippen molar-refractivity contribution < 1.29 is 14.3 Å². The summed E-state index contributed by atoms with van der Waals surface area (Å²) in [5, 5.41) is 0. The Hall–Kier alpha value is -0.570. The van der Waals surface area contributed by atoms with Gasteiger partial charge in [0.25, 0.3) is 0 Å². The second kappa shape index (κ2) is 8.58. The van der Waals surface area contributed by atoms with Crippen molar-refractivity contribution in [2.24, 2.45) is 52.3 Å². The summed E-state index contributed by atoms with van der Waals surface area (Å²) < 4.78 is 11.9. The predicted octanol–water partition coefficient (Wildman–Crippen LogP) is 7.03. The molecule has 0 unspecified atom stereocenters. The van der Waals surface area contributed by atoms with Crippen LogP contribution in [-0.2, 0) is 14.3 Å². The number of carbonyl (C=O) groups is 1. The first-order valence-electron chi connectivity index (χ1n) is 14.0. The fourth-order valence-corrected chi connectivity index (χ4v) is 9.82. The van der Waals surface area contributed by atoms with Gasteiger partial charge >= 0.3 is 5.97 Å². The molecule has 32 heavy (non-hydrogen) atoms. The molecule has 182 valence electrons. The molecule has 0 N–H and O–H groups in total. The number of hydrogen-bond acceptors (Lipinski definition) is 3. The second-order valence-corrected chi connectivity index (χ2v) is 13.3. The van der Waals surface area contributed by atoms with Gasteiger partial charge in [0.15, 0.2) is 0 Å². The zero-order valence-corrected chi connectivity index (χ0v) is 21.4. The van der Waals surface area contributed by atoms with E-state index < -0.39 is 0 Å². The summed E-state index contributed by atoms with van der Waals surface area (Å²) in [6.07, 6.45) is 15.9. The van der Waals surface area contributed by atoms with Crippen molar-refractivity contribution in [1.29, 1.82) is 0 Å². The van der Waals surface area contributed by atoms with Gasteiger partial charge in [0.1, 0.15) is 0 Å². The molecule has 0 spiro atoms. The van der Waals surface area contributed by atoms with Crippen LogP contribution in [0.25, 0.3) is 0 Å². The number of carbonyl (C=O) groups excluding carboxylic acids is 1. The average Bonchev–Trinajstić information content (AvgIpc) is 3.39. The molecule has 5 aliphatic rings. The van der Waals surface area contributed by atoms with Gasteiger partial charge in [-0.15, -0.1) is 0 Å². The predicted molar refractivity (Wildman–Crippen MR) is 128 cm³/mol. The maximum atomic E-state index is 11.8. The van der Waals surface area contributed by atoms with E-state index in [1.54, 1.807) is 6.92 Å². The fraction of sp³-hybridized carbons (Fsp3) is 0.966. The summed E-state index contributed by atoms with van der Waals surface area (Å²) in [6.45, 7) is 12.2. The monoisotopic (exact) mass is 444 g/mol. The Bertz CT molecular complexity index is 703. The molecule has 3 nitrogen and oxygen atoms in total. The lowest BCUT2D eigenvalue weighted by molar-refractivity contribution is -0.166. The quantitative estimate of drug-likeness (QED) is 0.312. The van der Waals surface area contributed by atoms with Crippen molar-refractivity contribution in [3.05, 3.63) is 0 Å². The molecular weight excluding hydrogens is 396 g/mol. The van der Waals surface area contributed by atoms with Gasteiger partial charge < -0.3 is 9.47 Å². The van der Waals surface area contributed by atoms with E-state index in [-0.39, 0.29) is 11.4 Å². The van der Waals surface area contributed by atoms with E-state index in [0.717, 1.165) is 41.9 Å². The van der Waals surface area contributed by atoms with E-state index >= 15 is 0 Å². The molecule has 0 bridgehead atoms. The van der Waals surface area contributed by atoms with Crippen LogP contribution in [-0.4, -0.2) is 24.8 Å². The first-order valence-corrected chi connectivity index (χ1v) is 14.0. The molecule has 0 radical (unpaired) electrons. The van der Waals surface area contributed by atoms with Crippen LogP contribution in [0.2, 0.25) is 0 Å². The minimum absolute atomic E-state index is 0.101. The van der Waals surface area contributed by atoms with Gasteiger partial charge in [-0.2, -0.15) is 0 Å². The van der Waals surface area contributed by atoms with Gasteiger partial charge in [-0.05, 0) is 98.2 Å². The highest BCUT2D eigenvalue weighted by atomic mass is 16.6. The molecule has 0 aromatic rings. The summed E-state index contributed by atoms with van der Waals surface area (Å²) in [5.41, 5.74) is 0.718. The molecule has 4 aliphatic carbocycles. The lowest BCUT2D eigenvalue weighted by Gasteiger charge is -2.61. The maximum Gasteiger partial charge on any atom is 0.302 e. The summed E-state index contributed by atoms with van der Waals surface area (Å²) in [7, 11) is 0. The topological polar surface area (TPSA) is 38.8 Å². The highest BCUT2D eigenvalue weighted by Gasteiger charge is 2.65. The summed E-state index contributed by atoms with van der Waals surface area (Å²) in [5.74, 6) is 5.65. The third kappa shape index (κ3) is 3.87. The van der Waals surface area contributed by atoms with Crippen LogP contribution in [0.4, 0.5) is 0 Å². The molecule has 10 atom stereocenters. The molecule has 0 aromatic heterocycles. The smallest absolute Gasteiger partial charge is 0.302 e. The Kier molecular flexibility index (Phi) is 6.22. The highest BCUT2D eigenvalue weighted by Crippen LogP contribution is 2.69. The molecule has 1 aliphatic heterocycles. The van der Waals surface area contributed by atoms with Crippen molar-refractivity contribution in [2.75, 3.05) is 6.61 Å². The van der Waals surface area contributed by atoms with Crippen molar-refractivity contribution in [3.8, 4) is 0 Å². The molecule has 1 saturated heterocycles. The number of rotatable bonds is 7. The molecule has 5 rings (SSSR count). The van der Waals surface area contributed by atoms with Crippen molar-refractivity contribution in [1.82, 2.24) is 0 Å². The summed E-state index contributed by atoms with van der Waals surface area (Å²) >= 11 is 0. The Morgan fingerprint density at radius 1 is 1.03 bits per heavy atom. The maximum absolute atomic E-state index is 11.8. The highest BCUT2D eigenvalue weighted by molar-refractivity contribution is 5.65. The van der Waals surface area contributed by atoms with Gasteiger partial charge in [-0.1, -0.05) is 47.0 Å². The molecule has 3 heteroatoms. The van der Waals surface area contributed by atoms with E-state index in [1.165, 1.54) is 64.2 Å². The fourth-order valence-electron chi connectivity index (χ4n) is 9.82. The second-order valence-electron chi connectivity index (χ2n) is 13.3. The Balaban J connectivity index is 1.34. The van der Waals surface area contributed by atoms with Gasteiger partial charge in [0, 0.05) is 12.3 Å². The van der Waals surface area contributed by atoms with E-state index in [4.69, 9.17) is 9.47 Å². The van der Waals surface area contributed by atoms with Crippen LogP contribution in [0.5, 0.6) is 0 Å². The van der Waals surface area contributed by atoms with Crippen LogP contribution in [0.1, 0.15) is 105 Å². The zero-order chi connectivity index (χ0) is 22.7. The minimum Gasteiger partial charge on any atom is -0.465 e. The van der Waals surface area contributed by atoms with Crippen molar-refractivity contribution in [2.45, 2.75) is 117 Å². The van der Waals surface area contributed by atoms with Crippen molar-refractivity contribution in [3.63, 3.8) is 0 Å². The normalized spacial score (nSPS) is 47.8. The number of hydrogen-bond donors (Lipinski definition) is 0. The first-order chi connectivity index (χ1) is 15.2. The number of esters is 1. The average molecular weight is 445 g/mol. The van der Waals surface area contributed by atoms with Crippen LogP contribution in [0.3, 0.4) is 0 Å². The Morgan fingerprint density at radius 2 is 1.84 bits per heavy atom. The molecule has 0 amide bonds. The molecule has 4 saturated carbocycles. The van der Waals surface area contributed by atoms with Gasteiger partial charge in [0.2, 0.25) is 0 Å². The molecule has 1 heterocycles. The summed E-state index contributed by atoms with van der Waals surface area (Å²) in [4.78, 5) is 11.8. The van der Waals surface area contributed by atoms with E-state index in [9.17, 15) is 4.79 Å². The number of epoxide rings is 1. The molecule has 5 fully saturated rings. The van der Waals surface area contributed by atoms with E-state index in [1.807, 2.05) is 0 Å².